The topological polar surface area (TPSA) is 56.9 Å². The Bertz CT molecular complexity index is 954. The van der Waals surface area contributed by atoms with Gasteiger partial charge in [0.2, 0.25) is 10.8 Å². The van der Waals surface area contributed by atoms with Crippen molar-refractivity contribution in [1.29, 1.82) is 0 Å². The molecule has 1 aliphatic rings. The Hall–Kier alpha value is -1.96. The predicted molar refractivity (Wildman–Crippen MR) is 118 cm³/mol. The molecule has 0 spiro atoms. The van der Waals surface area contributed by atoms with Crippen LogP contribution in [0.1, 0.15) is 61.5 Å². The maximum Gasteiger partial charge on any atom is 0.230 e. The summed E-state index contributed by atoms with van der Waals surface area (Å²) in [5, 5.41) is 15.5. The van der Waals surface area contributed by atoms with E-state index in [2.05, 4.69) is 64.9 Å². The third-order valence-corrected chi connectivity index (χ3v) is 7.02. The van der Waals surface area contributed by atoms with Gasteiger partial charge in [-0.25, -0.2) is 4.98 Å². The number of hydrogen-bond donors (Lipinski definition) is 1. The second-order valence-corrected chi connectivity index (χ2v) is 9.07. The van der Waals surface area contributed by atoms with Crippen LogP contribution in [0, 0.1) is 0 Å². The molecule has 6 nitrogen and oxygen atoms in total. The van der Waals surface area contributed by atoms with Gasteiger partial charge in [-0.2, -0.15) is 4.52 Å². The number of nitrogens with zero attached hydrogens (tertiary/aromatic N) is 5. The summed E-state index contributed by atoms with van der Waals surface area (Å²) in [5.41, 5.74) is 2.55. The lowest BCUT2D eigenvalue weighted by Crippen LogP contribution is -2.47. The minimum Gasteiger partial charge on any atom is -0.492 e. The van der Waals surface area contributed by atoms with Crippen molar-refractivity contribution in [1.82, 2.24) is 24.4 Å². The molecule has 0 aliphatic carbocycles. The number of thiazole rings is 1. The molecule has 0 amide bonds. The average Bonchev–Trinajstić information content (AvgIpc) is 3.28. The summed E-state index contributed by atoms with van der Waals surface area (Å²) in [6.45, 7) is 13.8. The molecule has 4 rings (SSSR count). The Morgan fingerprint density at radius 1 is 1.03 bits per heavy atom. The van der Waals surface area contributed by atoms with Crippen molar-refractivity contribution < 1.29 is 5.11 Å². The third kappa shape index (κ3) is 3.91. The summed E-state index contributed by atoms with van der Waals surface area (Å²) in [4.78, 5) is 11.3. The number of aromatic nitrogens is 3. The van der Waals surface area contributed by atoms with Crippen molar-refractivity contribution in [2.24, 2.45) is 0 Å². The standard InChI is InChI=1S/C22H31N5OS/c1-5-18-23-22-27(24-18)21(28)20(29-22)19(26-13-11-25(6-2)12-14-26)17-9-7-16(8-10-17)15(3)4/h7-10,15,19,28H,5-6,11-14H2,1-4H3/t19-/m1/s1. The van der Waals surface area contributed by atoms with Gasteiger partial charge >= 0.3 is 0 Å². The monoisotopic (exact) mass is 413 g/mol. The van der Waals surface area contributed by atoms with Crippen LogP contribution in [0.2, 0.25) is 0 Å². The minimum atomic E-state index is 0.0220. The SMILES string of the molecule is CCc1nc2sc([C@@H](c3ccc(C(C)C)cc3)N3CCN(CC)CC3)c(O)n2n1. The molecule has 0 radical (unpaired) electrons. The van der Waals surface area contributed by atoms with Gasteiger partial charge in [0.25, 0.3) is 0 Å². The van der Waals surface area contributed by atoms with Gasteiger partial charge in [-0.15, -0.1) is 5.10 Å². The van der Waals surface area contributed by atoms with Gasteiger partial charge in [-0.1, -0.05) is 63.3 Å². The highest BCUT2D eigenvalue weighted by atomic mass is 32.1. The molecule has 1 aliphatic heterocycles. The molecule has 156 valence electrons. The van der Waals surface area contributed by atoms with E-state index in [0.29, 0.717) is 5.92 Å². The second kappa shape index (κ2) is 8.42. The first kappa shape index (κ1) is 20.3. The number of fused-ring (bicyclic) bond motifs is 1. The highest BCUT2D eigenvalue weighted by Crippen LogP contribution is 2.40. The van der Waals surface area contributed by atoms with Crippen LogP contribution in [0.15, 0.2) is 24.3 Å². The van der Waals surface area contributed by atoms with Crippen LogP contribution in [0.5, 0.6) is 5.88 Å². The van der Waals surface area contributed by atoms with E-state index >= 15 is 0 Å². The molecule has 0 unspecified atom stereocenters. The number of likely N-dealkylation sites (N-methyl/N-ethyl adjacent to an activating group) is 1. The van der Waals surface area contributed by atoms with Crippen molar-refractivity contribution in [3.8, 4) is 5.88 Å². The molecule has 1 fully saturated rings. The highest BCUT2D eigenvalue weighted by Gasteiger charge is 2.31. The van der Waals surface area contributed by atoms with E-state index in [1.165, 1.54) is 11.1 Å². The molecule has 1 N–H and O–H groups in total. The van der Waals surface area contributed by atoms with Gasteiger partial charge in [-0.05, 0) is 23.6 Å². The Labute approximate surface area is 176 Å². The summed E-state index contributed by atoms with van der Waals surface area (Å²) in [6, 6.07) is 8.91. The number of hydrogen-bond acceptors (Lipinski definition) is 6. The molecule has 0 bridgehead atoms. The van der Waals surface area contributed by atoms with E-state index in [-0.39, 0.29) is 11.9 Å². The van der Waals surface area contributed by atoms with Gasteiger partial charge in [0.05, 0.1) is 10.9 Å². The van der Waals surface area contributed by atoms with Crippen LogP contribution >= 0.6 is 11.3 Å². The van der Waals surface area contributed by atoms with E-state index in [1.807, 2.05) is 6.92 Å². The van der Waals surface area contributed by atoms with Crippen LogP contribution in [0.4, 0.5) is 0 Å². The average molecular weight is 414 g/mol. The van der Waals surface area contributed by atoms with E-state index in [9.17, 15) is 5.11 Å². The van der Waals surface area contributed by atoms with Crippen molar-refractivity contribution in [2.75, 3.05) is 32.7 Å². The normalized spacial score (nSPS) is 17.4. The zero-order chi connectivity index (χ0) is 20.5. The van der Waals surface area contributed by atoms with Gasteiger partial charge in [0.1, 0.15) is 0 Å². The summed E-state index contributed by atoms with van der Waals surface area (Å²) in [7, 11) is 0. The zero-order valence-corrected chi connectivity index (χ0v) is 18.6. The fraction of sp³-hybridized carbons (Fsp3) is 0.545. The molecule has 29 heavy (non-hydrogen) atoms. The third-order valence-electron chi connectivity index (χ3n) is 5.95. The smallest absolute Gasteiger partial charge is 0.230 e. The quantitative estimate of drug-likeness (QED) is 0.664. The van der Waals surface area contributed by atoms with Gasteiger partial charge in [0, 0.05) is 32.6 Å². The summed E-state index contributed by atoms with van der Waals surface area (Å²) >= 11 is 1.56. The summed E-state index contributed by atoms with van der Waals surface area (Å²) in [6.07, 6.45) is 0.766. The maximum absolute atomic E-state index is 11.0. The number of piperazine rings is 1. The molecule has 7 heteroatoms. The molecule has 1 saturated heterocycles. The maximum atomic E-state index is 11.0. The predicted octanol–water partition coefficient (Wildman–Crippen LogP) is 3.91. The van der Waals surface area contributed by atoms with E-state index in [4.69, 9.17) is 0 Å². The van der Waals surface area contributed by atoms with E-state index in [0.717, 1.165) is 54.8 Å². The first-order chi connectivity index (χ1) is 14.0. The number of benzene rings is 1. The lowest BCUT2D eigenvalue weighted by Gasteiger charge is -2.38. The molecular weight excluding hydrogens is 382 g/mol. The molecule has 3 heterocycles. The molecule has 0 saturated carbocycles. The van der Waals surface area contributed by atoms with Crippen LogP contribution < -0.4 is 0 Å². The molecule has 3 aromatic rings. The van der Waals surface area contributed by atoms with E-state index < -0.39 is 0 Å². The van der Waals surface area contributed by atoms with Crippen molar-refractivity contribution in [2.45, 2.75) is 46.1 Å². The van der Waals surface area contributed by atoms with Crippen LogP contribution in [0.25, 0.3) is 4.96 Å². The van der Waals surface area contributed by atoms with Crippen LogP contribution in [-0.2, 0) is 6.42 Å². The first-order valence-electron chi connectivity index (χ1n) is 10.6. The highest BCUT2D eigenvalue weighted by molar-refractivity contribution is 7.17. The lowest BCUT2D eigenvalue weighted by atomic mass is 9.97. The van der Waals surface area contributed by atoms with Gasteiger partial charge in [0.15, 0.2) is 5.82 Å². The Morgan fingerprint density at radius 3 is 2.24 bits per heavy atom. The first-order valence-corrected chi connectivity index (χ1v) is 11.5. The molecule has 1 atom stereocenters. The largest absolute Gasteiger partial charge is 0.492 e. The van der Waals surface area contributed by atoms with Crippen LogP contribution in [-0.4, -0.2) is 62.2 Å². The van der Waals surface area contributed by atoms with Gasteiger partial charge < -0.3 is 10.0 Å². The second-order valence-electron chi connectivity index (χ2n) is 8.06. The Balaban J connectivity index is 1.74. The number of aryl methyl sites for hydroxylation is 1. The summed E-state index contributed by atoms with van der Waals surface area (Å²) < 4.78 is 1.61. The Morgan fingerprint density at radius 2 is 1.69 bits per heavy atom. The van der Waals surface area contributed by atoms with Crippen molar-refractivity contribution in [3.05, 3.63) is 46.1 Å². The number of rotatable bonds is 6. The zero-order valence-electron chi connectivity index (χ0n) is 17.8. The van der Waals surface area contributed by atoms with Gasteiger partial charge in [-0.3, -0.25) is 4.90 Å². The van der Waals surface area contributed by atoms with E-state index in [1.54, 1.807) is 15.9 Å². The fourth-order valence-corrected chi connectivity index (χ4v) is 5.18. The lowest BCUT2D eigenvalue weighted by molar-refractivity contribution is 0.113. The van der Waals surface area contributed by atoms with Crippen molar-refractivity contribution >= 4 is 16.3 Å². The molecule has 2 aromatic heterocycles. The molecular formula is C22H31N5OS. The van der Waals surface area contributed by atoms with Crippen LogP contribution in [0.3, 0.4) is 0 Å². The number of aromatic hydroxyl groups is 1. The Kier molecular flexibility index (Phi) is 5.90. The summed E-state index contributed by atoms with van der Waals surface area (Å²) in [5.74, 6) is 1.51. The van der Waals surface area contributed by atoms with Crippen molar-refractivity contribution in [3.63, 3.8) is 0 Å². The fourth-order valence-electron chi connectivity index (χ4n) is 4.05. The molecule has 1 aromatic carbocycles. The minimum absolute atomic E-state index is 0.0220.